The summed E-state index contributed by atoms with van der Waals surface area (Å²) in [5.74, 6) is -0.329. The summed E-state index contributed by atoms with van der Waals surface area (Å²) in [6.45, 7) is 0.681. The van der Waals surface area contributed by atoms with Gasteiger partial charge in [0.15, 0.2) is 0 Å². The molecule has 0 aromatic heterocycles. The largest absolute Gasteiger partial charge is 0.389 e. The van der Waals surface area contributed by atoms with Crippen LogP contribution in [0, 0.1) is 5.82 Å². The van der Waals surface area contributed by atoms with Gasteiger partial charge in [-0.3, -0.25) is 0 Å². The first kappa shape index (κ1) is 15.1. The number of ether oxygens (including phenoxy) is 1. The molecule has 0 bridgehead atoms. The summed E-state index contributed by atoms with van der Waals surface area (Å²) >= 11 is 8.40. The summed E-state index contributed by atoms with van der Waals surface area (Å²) in [4.78, 5) is 0.240. The van der Waals surface area contributed by atoms with Crippen molar-refractivity contribution >= 4 is 33.1 Å². The van der Waals surface area contributed by atoms with Gasteiger partial charge in [0.25, 0.3) is 0 Å². The van der Waals surface area contributed by atoms with Gasteiger partial charge < -0.3 is 10.5 Å². The Kier molecular flexibility index (Phi) is 5.23. The molecule has 0 amide bonds. The average molecular weight is 354 g/mol. The third-order valence-electron chi connectivity index (χ3n) is 2.81. The van der Waals surface area contributed by atoms with E-state index in [9.17, 15) is 4.39 Å². The molecule has 0 radical (unpaired) electrons. The highest BCUT2D eigenvalue weighted by molar-refractivity contribution is 9.10. The van der Waals surface area contributed by atoms with Crippen molar-refractivity contribution in [2.45, 2.75) is 13.2 Å². The van der Waals surface area contributed by atoms with Crippen LogP contribution in [0.2, 0.25) is 0 Å². The predicted molar refractivity (Wildman–Crippen MR) is 84.9 cm³/mol. The van der Waals surface area contributed by atoms with Crippen LogP contribution in [0.4, 0.5) is 4.39 Å². The zero-order chi connectivity index (χ0) is 14.5. The Labute approximate surface area is 130 Å². The van der Waals surface area contributed by atoms with Crippen LogP contribution in [0.5, 0.6) is 0 Å². The van der Waals surface area contributed by atoms with Crippen LogP contribution in [0.3, 0.4) is 0 Å². The summed E-state index contributed by atoms with van der Waals surface area (Å²) in [5.41, 5.74) is 7.95. The molecule has 20 heavy (non-hydrogen) atoms. The fourth-order valence-electron chi connectivity index (χ4n) is 1.81. The van der Waals surface area contributed by atoms with Gasteiger partial charge in [-0.25, -0.2) is 4.39 Å². The smallest absolute Gasteiger partial charge is 0.123 e. The van der Waals surface area contributed by atoms with Crippen molar-refractivity contribution in [1.29, 1.82) is 0 Å². The summed E-state index contributed by atoms with van der Waals surface area (Å²) in [7, 11) is 0. The maximum Gasteiger partial charge on any atom is 0.123 e. The lowest BCUT2D eigenvalue weighted by atomic mass is 10.1. The summed E-state index contributed by atoms with van der Waals surface area (Å²) < 4.78 is 19.9. The normalized spacial score (nSPS) is 10.5. The standard InChI is InChI=1S/C15H13BrFNOS/c16-14-4-2-1-3-10(14)8-19-9-11-7-12(17)5-6-13(11)15(18)20/h1-7H,8-9H2,(H2,18,20). The fraction of sp³-hybridized carbons (Fsp3) is 0.133. The second kappa shape index (κ2) is 6.92. The quantitative estimate of drug-likeness (QED) is 0.826. The van der Waals surface area contributed by atoms with Gasteiger partial charge >= 0.3 is 0 Å². The molecule has 2 rings (SSSR count). The van der Waals surface area contributed by atoms with Crippen LogP contribution in [-0.4, -0.2) is 4.99 Å². The Balaban J connectivity index is 2.06. The summed E-state index contributed by atoms with van der Waals surface area (Å²) in [6, 6.07) is 12.1. The van der Waals surface area contributed by atoms with E-state index in [1.807, 2.05) is 24.3 Å². The molecular weight excluding hydrogens is 341 g/mol. The zero-order valence-electron chi connectivity index (χ0n) is 10.6. The SMILES string of the molecule is NC(=S)c1ccc(F)cc1COCc1ccccc1Br. The Morgan fingerprint density at radius 1 is 1.15 bits per heavy atom. The Morgan fingerprint density at radius 3 is 2.55 bits per heavy atom. The highest BCUT2D eigenvalue weighted by Crippen LogP contribution is 2.18. The Morgan fingerprint density at radius 2 is 1.85 bits per heavy atom. The maximum atomic E-state index is 13.3. The van der Waals surface area contributed by atoms with Gasteiger partial charge in [-0.2, -0.15) is 0 Å². The molecule has 2 aromatic rings. The van der Waals surface area contributed by atoms with Gasteiger partial charge in [0, 0.05) is 10.0 Å². The van der Waals surface area contributed by atoms with Crippen molar-refractivity contribution in [3.63, 3.8) is 0 Å². The molecule has 104 valence electrons. The van der Waals surface area contributed by atoms with E-state index in [0.717, 1.165) is 10.0 Å². The van der Waals surface area contributed by atoms with E-state index in [-0.39, 0.29) is 17.4 Å². The van der Waals surface area contributed by atoms with E-state index in [1.54, 1.807) is 6.07 Å². The molecule has 0 aliphatic rings. The first-order valence-corrected chi connectivity index (χ1v) is 7.17. The Bertz CT molecular complexity index is 633. The van der Waals surface area contributed by atoms with E-state index in [0.29, 0.717) is 17.7 Å². The molecule has 0 aliphatic heterocycles. The number of benzene rings is 2. The topological polar surface area (TPSA) is 35.2 Å². The molecule has 0 unspecified atom stereocenters. The third kappa shape index (κ3) is 3.85. The van der Waals surface area contributed by atoms with Crippen LogP contribution in [0.25, 0.3) is 0 Å². The second-order valence-corrected chi connectivity index (χ2v) is 5.54. The van der Waals surface area contributed by atoms with Gasteiger partial charge in [-0.1, -0.05) is 46.3 Å². The third-order valence-corrected chi connectivity index (χ3v) is 3.80. The maximum absolute atomic E-state index is 13.3. The molecule has 0 fully saturated rings. The van der Waals surface area contributed by atoms with Gasteiger partial charge in [0.05, 0.1) is 13.2 Å². The van der Waals surface area contributed by atoms with Crippen molar-refractivity contribution < 1.29 is 9.13 Å². The van der Waals surface area contributed by atoms with Crippen LogP contribution >= 0.6 is 28.1 Å². The molecular formula is C15H13BrFNOS. The summed E-state index contributed by atoms with van der Waals surface area (Å²) in [5, 5.41) is 0. The first-order chi connectivity index (χ1) is 9.58. The number of nitrogens with two attached hydrogens (primary N) is 1. The van der Waals surface area contributed by atoms with Crippen molar-refractivity contribution in [1.82, 2.24) is 0 Å². The predicted octanol–water partition coefficient (Wildman–Crippen LogP) is 3.94. The lowest BCUT2D eigenvalue weighted by Gasteiger charge is -2.10. The van der Waals surface area contributed by atoms with E-state index in [1.165, 1.54) is 12.1 Å². The first-order valence-electron chi connectivity index (χ1n) is 5.97. The molecule has 2 nitrogen and oxygen atoms in total. The van der Waals surface area contributed by atoms with Crippen LogP contribution < -0.4 is 5.73 Å². The van der Waals surface area contributed by atoms with Crippen LogP contribution in [-0.2, 0) is 18.0 Å². The van der Waals surface area contributed by atoms with Crippen LogP contribution in [0.15, 0.2) is 46.9 Å². The number of thiocarbonyl (C=S) groups is 1. The van der Waals surface area contributed by atoms with E-state index in [2.05, 4.69) is 15.9 Å². The van der Waals surface area contributed by atoms with Crippen molar-refractivity contribution in [2.24, 2.45) is 5.73 Å². The van der Waals surface area contributed by atoms with Crippen molar-refractivity contribution in [3.8, 4) is 0 Å². The van der Waals surface area contributed by atoms with E-state index < -0.39 is 0 Å². The van der Waals surface area contributed by atoms with Crippen molar-refractivity contribution in [2.75, 3.05) is 0 Å². The van der Waals surface area contributed by atoms with Gasteiger partial charge in [-0.05, 0) is 35.4 Å². The highest BCUT2D eigenvalue weighted by atomic mass is 79.9. The molecule has 0 heterocycles. The highest BCUT2D eigenvalue weighted by Gasteiger charge is 2.07. The molecule has 2 aromatic carbocycles. The number of hydrogen-bond donors (Lipinski definition) is 1. The molecule has 0 aliphatic carbocycles. The summed E-state index contributed by atoms with van der Waals surface area (Å²) in [6.07, 6.45) is 0. The minimum Gasteiger partial charge on any atom is -0.389 e. The minimum absolute atomic E-state index is 0.240. The van der Waals surface area contributed by atoms with Crippen molar-refractivity contribution in [3.05, 3.63) is 69.4 Å². The average Bonchev–Trinajstić information content (AvgIpc) is 2.41. The second-order valence-electron chi connectivity index (χ2n) is 4.25. The van der Waals surface area contributed by atoms with E-state index >= 15 is 0 Å². The van der Waals surface area contributed by atoms with E-state index in [4.69, 9.17) is 22.7 Å². The Hall–Kier alpha value is -1.30. The number of hydrogen-bond acceptors (Lipinski definition) is 2. The molecule has 0 saturated carbocycles. The monoisotopic (exact) mass is 353 g/mol. The fourth-order valence-corrected chi connectivity index (χ4v) is 2.41. The number of rotatable bonds is 5. The molecule has 0 saturated heterocycles. The van der Waals surface area contributed by atoms with Gasteiger partial charge in [0.1, 0.15) is 10.8 Å². The molecule has 0 spiro atoms. The minimum atomic E-state index is -0.329. The van der Waals surface area contributed by atoms with Crippen LogP contribution in [0.1, 0.15) is 16.7 Å². The van der Waals surface area contributed by atoms with Gasteiger partial charge in [0.2, 0.25) is 0 Å². The lowest BCUT2D eigenvalue weighted by Crippen LogP contribution is -2.13. The molecule has 2 N–H and O–H groups in total. The molecule has 0 atom stereocenters. The van der Waals surface area contributed by atoms with Gasteiger partial charge in [-0.15, -0.1) is 0 Å². The number of halogens is 2. The zero-order valence-corrected chi connectivity index (χ0v) is 13.0. The lowest BCUT2D eigenvalue weighted by molar-refractivity contribution is 0.106. The molecule has 5 heteroatoms.